The summed E-state index contributed by atoms with van der Waals surface area (Å²) in [5, 5.41) is 53.6. The molecule has 0 aliphatic carbocycles. The van der Waals surface area contributed by atoms with Crippen LogP contribution in [0.4, 0.5) is 0 Å². The quantitative estimate of drug-likeness (QED) is 0.144. The predicted octanol–water partition coefficient (Wildman–Crippen LogP) is 4.62. The fourth-order valence-electron chi connectivity index (χ4n) is 3.18. The van der Waals surface area contributed by atoms with E-state index in [1.807, 2.05) is 0 Å². The molecule has 0 fully saturated rings. The van der Waals surface area contributed by atoms with Gasteiger partial charge < -0.3 is 49.6 Å². The van der Waals surface area contributed by atoms with Crippen LogP contribution in [0.2, 0.25) is 0 Å². The lowest BCUT2D eigenvalue weighted by Gasteiger charge is -2.02. The van der Waals surface area contributed by atoms with Gasteiger partial charge in [-0.05, 0) is 72.8 Å². The van der Waals surface area contributed by atoms with E-state index in [2.05, 4.69) is 0 Å². The summed E-state index contributed by atoms with van der Waals surface area (Å²) in [7, 11) is 5.65. The van der Waals surface area contributed by atoms with E-state index in [-0.39, 0.29) is 45.6 Å². The van der Waals surface area contributed by atoms with E-state index in [0.29, 0.717) is 35.2 Å². The van der Waals surface area contributed by atoms with Crippen molar-refractivity contribution < 1.29 is 68.8 Å². The molecule has 0 aliphatic rings. The number of aromatic hydroxyl groups is 4. The van der Waals surface area contributed by atoms with Crippen molar-refractivity contribution in [1.29, 1.82) is 0 Å². The molecule has 0 unspecified atom stereocenters. The number of benzene rings is 4. The molecule has 0 atom stereocenters. The molecule has 0 aromatic heterocycles. The van der Waals surface area contributed by atoms with Crippen LogP contribution < -0.4 is 18.9 Å². The van der Waals surface area contributed by atoms with Crippen LogP contribution in [0.15, 0.2) is 72.8 Å². The van der Waals surface area contributed by atoms with Gasteiger partial charge in [-0.2, -0.15) is 0 Å². The fourth-order valence-corrected chi connectivity index (χ4v) is 3.18. The van der Waals surface area contributed by atoms with Crippen LogP contribution in [0.5, 0.6) is 46.0 Å². The Bertz CT molecular complexity index is 1630. The Hall–Kier alpha value is -6.44. The third-order valence-corrected chi connectivity index (χ3v) is 5.53. The van der Waals surface area contributed by atoms with Crippen molar-refractivity contribution in [2.24, 2.45) is 0 Å². The number of phenolic OH excluding ortho intramolecular Hbond substituents is 4. The first-order valence-corrected chi connectivity index (χ1v) is 12.7. The first kappa shape index (κ1) is 37.6. The smallest absolute Gasteiger partial charge is 0.335 e. The van der Waals surface area contributed by atoms with Gasteiger partial charge in [0.2, 0.25) is 0 Å². The van der Waals surface area contributed by atoms with E-state index in [4.69, 9.17) is 49.6 Å². The minimum absolute atomic E-state index is 0.0166. The molecule has 0 saturated carbocycles. The molecule has 4 aromatic carbocycles. The molecule has 14 nitrogen and oxygen atoms in total. The zero-order valence-corrected chi connectivity index (χ0v) is 25.0. The Labute approximate surface area is 262 Å². The van der Waals surface area contributed by atoms with Gasteiger partial charge in [0.15, 0.2) is 46.0 Å². The van der Waals surface area contributed by atoms with Gasteiger partial charge in [0, 0.05) is 11.1 Å². The van der Waals surface area contributed by atoms with Crippen LogP contribution >= 0.6 is 0 Å². The van der Waals surface area contributed by atoms with Crippen LogP contribution in [0.3, 0.4) is 0 Å². The second kappa shape index (κ2) is 19.0. The number of aromatic carboxylic acids is 2. The van der Waals surface area contributed by atoms with Crippen LogP contribution in [0.1, 0.15) is 41.4 Å². The molecule has 0 radical (unpaired) electrons. The molecular formula is C32H32O14. The van der Waals surface area contributed by atoms with Gasteiger partial charge in [-0.25, -0.2) is 9.59 Å². The number of rotatable bonds is 8. The first-order chi connectivity index (χ1) is 21.8. The molecule has 4 aromatic rings. The van der Waals surface area contributed by atoms with Crippen molar-refractivity contribution in [2.75, 3.05) is 28.4 Å². The van der Waals surface area contributed by atoms with Crippen LogP contribution in [0.25, 0.3) is 0 Å². The Balaban J connectivity index is 0.000000307. The minimum atomic E-state index is -1.08. The van der Waals surface area contributed by atoms with E-state index in [9.17, 15) is 19.2 Å². The molecule has 0 bridgehead atoms. The maximum atomic E-state index is 10.4. The second-order valence-electron chi connectivity index (χ2n) is 8.48. The van der Waals surface area contributed by atoms with Crippen molar-refractivity contribution in [2.45, 2.75) is 0 Å². The van der Waals surface area contributed by atoms with Crippen molar-refractivity contribution in [3.8, 4) is 46.0 Å². The lowest BCUT2D eigenvalue weighted by atomic mass is 10.2. The molecule has 0 heterocycles. The Kier molecular flexibility index (Phi) is 15.5. The highest BCUT2D eigenvalue weighted by Crippen LogP contribution is 2.28. The van der Waals surface area contributed by atoms with Crippen molar-refractivity contribution in [1.82, 2.24) is 0 Å². The normalized spacial score (nSPS) is 9.30. The highest BCUT2D eigenvalue weighted by atomic mass is 16.5. The van der Waals surface area contributed by atoms with Gasteiger partial charge in [-0.3, -0.25) is 9.59 Å². The summed E-state index contributed by atoms with van der Waals surface area (Å²) in [6.07, 6.45) is 1.36. The number of carbonyl (C=O) groups is 4. The number of hydrogen-bond donors (Lipinski definition) is 6. The molecule has 0 saturated heterocycles. The first-order valence-electron chi connectivity index (χ1n) is 12.7. The average Bonchev–Trinajstić information content (AvgIpc) is 3.05. The van der Waals surface area contributed by atoms with E-state index in [1.54, 1.807) is 12.1 Å². The van der Waals surface area contributed by atoms with Crippen LogP contribution in [0, 0.1) is 0 Å². The molecule has 244 valence electrons. The number of methoxy groups -OCH3 is 4. The number of carboxylic acids is 2. The average molecular weight is 641 g/mol. The monoisotopic (exact) mass is 640 g/mol. The maximum absolute atomic E-state index is 10.4. The van der Waals surface area contributed by atoms with Gasteiger partial charge in [-0.1, -0.05) is 0 Å². The largest absolute Gasteiger partial charge is 0.504 e. The number of hydrogen-bond acceptors (Lipinski definition) is 12. The molecule has 14 heteroatoms. The fraction of sp³-hybridized carbons (Fsp3) is 0.125. The van der Waals surface area contributed by atoms with E-state index in [0.717, 1.165) is 6.07 Å². The van der Waals surface area contributed by atoms with E-state index < -0.39 is 11.9 Å². The molecule has 46 heavy (non-hydrogen) atoms. The number of carboxylic acid groups (broad SMARTS) is 2. The number of carbonyl (C=O) groups excluding carboxylic acids is 2. The molecule has 0 amide bonds. The Morgan fingerprint density at radius 3 is 1.28 bits per heavy atom. The van der Waals surface area contributed by atoms with Gasteiger partial charge in [0.1, 0.15) is 12.6 Å². The van der Waals surface area contributed by atoms with Crippen molar-refractivity contribution in [3.63, 3.8) is 0 Å². The number of phenols is 4. The van der Waals surface area contributed by atoms with Gasteiger partial charge >= 0.3 is 11.9 Å². The number of aldehydes is 2. The Morgan fingerprint density at radius 2 is 0.848 bits per heavy atom. The summed E-state index contributed by atoms with van der Waals surface area (Å²) in [5.41, 5.74) is 1.04. The third-order valence-electron chi connectivity index (χ3n) is 5.53. The molecule has 0 aliphatic heterocycles. The number of ether oxygens (including phenoxy) is 4. The summed E-state index contributed by atoms with van der Waals surface area (Å²) >= 11 is 0. The SMILES string of the molecule is COc1cc(C(=O)O)ccc1O.COc1cc(C=O)ccc1O.COc1ccc(C(=O)O)cc1O.COc1ccc(C=O)cc1O. The maximum Gasteiger partial charge on any atom is 0.335 e. The summed E-state index contributed by atoms with van der Waals surface area (Å²) in [6.45, 7) is 0. The Morgan fingerprint density at radius 1 is 0.478 bits per heavy atom. The van der Waals surface area contributed by atoms with Crippen molar-refractivity contribution >= 4 is 24.5 Å². The summed E-state index contributed by atoms with van der Waals surface area (Å²) < 4.78 is 19.0. The van der Waals surface area contributed by atoms with E-state index >= 15 is 0 Å². The van der Waals surface area contributed by atoms with Crippen molar-refractivity contribution in [3.05, 3.63) is 95.1 Å². The van der Waals surface area contributed by atoms with E-state index in [1.165, 1.54) is 83.0 Å². The molecule has 4 rings (SSSR count). The second-order valence-corrected chi connectivity index (χ2v) is 8.48. The minimum Gasteiger partial charge on any atom is -0.504 e. The lowest BCUT2D eigenvalue weighted by molar-refractivity contribution is 0.0685. The zero-order chi connectivity index (χ0) is 34.8. The standard InChI is InChI=1S/2C8H8O4.2C8H8O3/c1-12-7-3-2-5(8(10)11)4-6(7)9;1-12-7-4-5(8(10)11)2-3-6(7)9;1-11-8-3-2-6(5-9)4-7(8)10;1-11-8-4-6(5-9)2-3-7(8)10/h2*2-4,9H,1H3,(H,10,11);2*2-5,10H,1H3. The molecule has 0 spiro atoms. The highest BCUT2D eigenvalue weighted by molar-refractivity contribution is 5.89. The van der Waals surface area contributed by atoms with Gasteiger partial charge in [-0.15, -0.1) is 0 Å². The van der Waals surface area contributed by atoms with Gasteiger partial charge in [0.05, 0.1) is 39.6 Å². The predicted molar refractivity (Wildman–Crippen MR) is 163 cm³/mol. The van der Waals surface area contributed by atoms with Crippen LogP contribution in [-0.2, 0) is 0 Å². The summed E-state index contributed by atoms with van der Waals surface area (Å²) in [4.78, 5) is 41.3. The third kappa shape index (κ3) is 11.7. The topological polar surface area (TPSA) is 227 Å². The summed E-state index contributed by atoms with van der Waals surface area (Å²) in [5.74, 6) is -1.23. The van der Waals surface area contributed by atoms with Crippen LogP contribution in [-0.4, -0.2) is 83.6 Å². The molecular weight excluding hydrogens is 608 g/mol. The highest BCUT2D eigenvalue weighted by Gasteiger charge is 2.08. The zero-order valence-electron chi connectivity index (χ0n) is 25.0. The van der Waals surface area contributed by atoms with Gasteiger partial charge in [0.25, 0.3) is 0 Å². The summed E-state index contributed by atoms with van der Waals surface area (Å²) in [6, 6.07) is 16.6. The molecule has 6 N–H and O–H groups in total. The lowest BCUT2D eigenvalue weighted by Crippen LogP contribution is -1.96.